The number of rotatable bonds is 10. The number of aliphatic imine (C=N–C) groups is 1. The Bertz CT molecular complexity index is 580. The molecule has 1 heterocycles. The zero-order valence-corrected chi connectivity index (χ0v) is 17.2. The summed E-state index contributed by atoms with van der Waals surface area (Å²) in [5, 5.41) is 13.5. The quantitative estimate of drug-likeness (QED) is 0.365. The Morgan fingerprint density at radius 3 is 2.85 bits per heavy atom. The summed E-state index contributed by atoms with van der Waals surface area (Å²) in [6, 6.07) is 10.6. The van der Waals surface area contributed by atoms with Crippen molar-refractivity contribution in [1.82, 2.24) is 10.2 Å². The van der Waals surface area contributed by atoms with Crippen molar-refractivity contribution >= 4 is 17.7 Å². The third kappa shape index (κ3) is 7.35. The summed E-state index contributed by atoms with van der Waals surface area (Å²) in [4.78, 5) is 8.33. The van der Waals surface area contributed by atoms with Gasteiger partial charge >= 0.3 is 0 Å². The van der Waals surface area contributed by atoms with Crippen LogP contribution in [0.4, 0.5) is 0 Å². The highest BCUT2D eigenvalue weighted by atomic mass is 32.2. The molecule has 0 amide bonds. The molecule has 1 saturated carbocycles. The van der Waals surface area contributed by atoms with Crippen molar-refractivity contribution in [2.24, 2.45) is 16.8 Å². The summed E-state index contributed by atoms with van der Waals surface area (Å²) in [5.41, 5.74) is 0. The smallest absolute Gasteiger partial charge is 0.194 e. The predicted octanol–water partition coefficient (Wildman–Crippen LogP) is 2.85. The number of likely N-dealkylation sites (tertiary alicyclic amines) is 1. The molecule has 1 aliphatic heterocycles. The molecule has 2 atom stereocenters. The molecule has 2 fully saturated rings. The lowest BCUT2D eigenvalue weighted by atomic mass is 10.2. The predicted molar refractivity (Wildman–Crippen MR) is 112 cm³/mol. The average molecular weight is 392 g/mol. The molecule has 27 heavy (non-hydrogen) atoms. The highest BCUT2D eigenvalue weighted by Crippen LogP contribution is 2.28. The second kappa shape index (κ2) is 10.9. The molecule has 1 saturated heterocycles. The van der Waals surface area contributed by atoms with Gasteiger partial charge in [-0.1, -0.05) is 18.2 Å². The molecular weight excluding hydrogens is 358 g/mol. The summed E-state index contributed by atoms with van der Waals surface area (Å²) in [6.45, 7) is 6.55. The fourth-order valence-electron chi connectivity index (χ4n) is 3.22. The molecule has 150 valence electrons. The Hall–Kier alpha value is -1.24. The Morgan fingerprint density at radius 2 is 2.11 bits per heavy atom. The van der Waals surface area contributed by atoms with Gasteiger partial charge in [0, 0.05) is 36.9 Å². The fraction of sp³-hybridized carbons (Fsp3) is 0.667. The highest BCUT2D eigenvalue weighted by molar-refractivity contribution is 7.99. The third-order valence-corrected chi connectivity index (χ3v) is 6.21. The van der Waals surface area contributed by atoms with Gasteiger partial charge in [0.25, 0.3) is 0 Å². The van der Waals surface area contributed by atoms with Crippen LogP contribution in [0, 0.1) is 11.8 Å². The van der Waals surface area contributed by atoms with E-state index in [0.29, 0.717) is 19.1 Å². The molecule has 0 spiro atoms. The van der Waals surface area contributed by atoms with E-state index in [1.165, 1.54) is 24.2 Å². The molecule has 2 unspecified atom stereocenters. The van der Waals surface area contributed by atoms with Crippen LogP contribution in [0.2, 0.25) is 0 Å². The number of aliphatic hydroxyl groups excluding tert-OH is 1. The van der Waals surface area contributed by atoms with Crippen molar-refractivity contribution in [2.45, 2.75) is 37.2 Å². The number of thioether (sulfide) groups is 1. The third-order valence-electron chi connectivity index (χ3n) is 4.96. The number of guanidine groups is 1. The average Bonchev–Trinajstić information content (AvgIpc) is 3.39. The second-order valence-corrected chi connectivity index (χ2v) is 8.65. The summed E-state index contributed by atoms with van der Waals surface area (Å²) >= 11 is 1.94. The zero-order valence-electron chi connectivity index (χ0n) is 16.3. The zero-order chi connectivity index (χ0) is 18.9. The van der Waals surface area contributed by atoms with E-state index >= 15 is 0 Å². The van der Waals surface area contributed by atoms with Crippen LogP contribution in [-0.4, -0.2) is 67.2 Å². The molecule has 0 aromatic heterocycles. The van der Waals surface area contributed by atoms with Gasteiger partial charge in [-0.25, -0.2) is 0 Å². The fourth-order valence-corrected chi connectivity index (χ4v) is 4.27. The first kappa shape index (κ1) is 20.5. The molecule has 0 bridgehead atoms. The highest BCUT2D eigenvalue weighted by Gasteiger charge is 2.25. The van der Waals surface area contributed by atoms with Gasteiger partial charge in [0.1, 0.15) is 0 Å². The van der Waals surface area contributed by atoms with Crippen LogP contribution in [-0.2, 0) is 4.74 Å². The first-order valence-electron chi connectivity index (χ1n) is 10.2. The SMILES string of the molecule is CCNC(=NCC(O)COCC1CC1)N1CCC(CSc2ccccc2)C1. The Balaban J connectivity index is 1.41. The van der Waals surface area contributed by atoms with Crippen LogP contribution in [0.25, 0.3) is 0 Å². The van der Waals surface area contributed by atoms with E-state index in [9.17, 15) is 5.11 Å². The number of hydrogen-bond acceptors (Lipinski definition) is 4. The Morgan fingerprint density at radius 1 is 1.30 bits per heavy atom. The van der Waals surface area contributed by atoms with Gasteiger partial charge in [-0.05, 0) is 50.2 Å². The van der Waals surface area contributed by atoms with Gasteiger partial charge in [-0.2, -0.15) is 0 Å². The van der Waals surface area contributed by atoms with E-state index in [-0.39, 0.29) is 0 Å². The Kier molecular flexibility index (Phi) is 8.30. The van der Waals surface area contributed by atoms with Gasteiger partial charge in [-0.3, -0.25) is 4.99 Å². The molecule has 1 aromatic carbocycles. The topological polar surface area (TPSA) is 57.1 Å². The lowest BCUT2D eigenvalue weighted by molar-refractivity contribution is 0.0367. The number of benzene rings is 1. The number of ether oxygens (including phenoxy) is 1. The number of aliphatic hydroxyl groups is 1. The van der Waals surface area contributed by atoms with E-state index in [1.807, 2.05) is 11.8 Å². The molecule has 6 heteroatoms. The normalized spacial score (nSPS) is 21.5. The Labute approximate surface area is 167 Å². The molecular formula is C21H33N3O2S. The van der Waals surface area contributed by atoms with Crippen molar-refractivity contribution in [3.8, 4) is 0 Å². The van der Waals surface area contributed by atoms with Gasteiger partial charge in [-0.15, -0.1) is 11.8 Å². The molecule has 1 aromatic rings. The summed E-state index contributed by atoms with van der Waals surface area (Å²) in [7, 11) is 0. The monoisotopic (exact) mass is 391 g/mol. The van der Waals surface area contributed by atoms with Gasteiger partial charge in [0.2, 0.25) is 0 Å². The van der Waals surface area contributed by atoms with E-state index in [2.05, 4.69) is 52.5 Å². The molecule has 2 aliphatic rings. The molecule has 1 aliphatic carbocycles. The first-order valence-corrected chi connectivity index (χ1v) is 11.2. The summed E-state index contributed by atoms with van der Waals surface area (Å²) in [6.07, 6.45) is 3.22. The minimum Gasteiger partial charge on any atom is -0.389 e. The molecule has 0 radical (unpaired) electrons. The molecule has 2 N–H and O–H groups in total. The van der Waals surface area contributed by atoms with Crippen molar-refractivity contribution in [2.75, 3.05) is 45.1 Å². The van der Waals surface area contributed by atoms with Crippen LogP contribution in [0.1, 0.15) is 26.2 Å². The van der Waals surface area contributed by atoms with Crippen molar-refractivity contribution < 1.29 is 9.84 Å². The minimum absolute atomic E-state index is 0.385. The van der Waals surface area contributed by atoms with Gasteiger partial charge in [0.05, 0.1) is 19.3 Å². The van der Waals surface area contributed by atoms with Crippen LogP contribution in [0.5, 0.6) is 0 Å². The van der Waals surface area contributed by atoms with Gasteiger partial charge in [0.15, 0.2) is 5.96 Å². The van der Waals surface area contributed by atoms with Crippen LogP contribution in [0.3, 0.4) is 0 Å². The minimum atomic E-state index is -0.524. The number of nitrogens with zero attached hydrogens (tertiary/aromatic N) is 2. The first-order chi connectivity index (χ1) is 13.2. The standard InChI is InChI=1S/C21H33N3O2S/c1-2-22-21(23-12-19(25)15-26-14-17-8-9-17)24-11-10-18(13-24)16-27-20-6-4-3-5-7-20/h3-7,17-19,25H,2,8-16H2,1H3,(H,22,23). The lowest BCUT2D eigenvalue weighted by Gasteiger charge is -2.22. The maximum atomic E-state index is 10.1. The lowest BCUT2D eigenvalue weighted by Crippen LogP contribution is -2.41. The van der Waals surface area contributed by atoms with Crippen LogP contribution in [0.15, 0.2) is 40.2 Å². The maximum absolute atomic E-state index is 10.1. The van der Waals surface area contributed by atoms with E-state index in [4.69, 9.17) is 4.74 Å². The summed E-state index contributed by atoms with van der Waals surface area (Å²) < 4.78 is 5.57. The largest absolute Gasteiger partial charge is 0.389 e. The van der Waals surface area contributed by atoms with E-state index < -0.39 is 6.10 Å². The van der Waals surface area contributed by atoms with E-state index in [1.54, 1.807) is 0 Å². The van der Waals surface area contributed by atoms with Crippen molar-refractivity contribution in [3.63, 3.8) is 0 Å². The second-order valence-electron chi connectivity index (χ2n) is 7.55. The van der Waals surface area contributed by atoms with Crippen molar-refractivity contribution in [1.29, 1.82) is 0 Å². The number of hydrogen-bond donors (Lipinski definition) is 2. The van der Waals surface area contributed by atoms with Crippen LogP contribution < -0.4 is 5.32 Å². The number of nitrogens with one attached hydrogen (secondary N) is 1. The van der Waals surface area contributed by atoms with E-state index in [0.717, 1.165) is 43.9 Å². The van der Waals surface area contributed by atoms with Gasteiger partial charge < -0.3 is 20.1 Å². The molecule has 3 rings (SSSR count). The maximum Gasteiger partial charge on any atom is 0.194 e. The van der Waals surface area contributed by atoms with Crippen molar-refractivity contribution in [3.05, 3.63) is 30.3 Å². The van der Waals surface area contributed by atoms with Crippen LogP contribution >= 0.6 is 11.8 Å². The summed E-state index contributed by atoms with van der Waals surface area (Å²) in [5.74, 6) is 3.46. The molecule has 5 nitrogen and oxygen atoms in total.